The monoisotopic (exact) mass is 349 g/mol. The Kier molecular flexibility index (Phi) is 3.71. The fourth-order valence-corrected chi connectivity index (χ4v) is 2.92. The lowest BCUT2D eigenvalue weighted by Crippen LogP contribution is -1.98. The van der Waals surface area contributed by atoms with Gasteiger partial charge in [0.1, 0.15) is 0 Å². The molecule has 0 unspecified atom stereocenters. The number of carbonyl (C=O) groups is 1. The van der Waals surface area contributed by atoms with E-state index in [2.05, 4.69) is 9.97 Å². The maximum Gasteiger partial charge on any atom is 0.335 e. The lowest BCUT2D eigenvalue weighted by atomic mass is 10.1. The number of aromatic carboxylic acids is 1. The number of benzene rings is 2. The van der Waals surface area contributed by atoms with Crippen molar-refractivity contribution in [1.29, 1.82) is 0 Å². The first-order chi connectivity index (χ1) is 12.1. The minimum absolute atomic E-state index is 0.217. The Balaban J connectivity index is 1.99. The number of pyridine rings is 1. The van der Waals surface area contributed by atoms with Crippen molar-refractivity contribution in [2.75, 3.05) is 0 Å². The van der Waals surface area contributed by atoms with Gasteiger partial charge in [-0.25, -0.2) is 14.8 Å². The summed E-state index contributed by atoms with van der Waals surface area (Å²) in [7, 11) is 0. The van der Waals surface area contributed by atoms with Gasteiger partial charge < -0.3 is 9.67 Å². The highest BCUT2D eigenvalue weighted by Crippen LogP contribution is 2.29. The van der Waals surface area contributed by atoms with E-state index in [1.165, 1.54) is 0 Å². The number of aromatic nitrogens is 3. The maximum absolute atomic E-state index is 11.2. The van der Waals surface area contributed by atoms with Crippen LogP contribution in [-0.2, 0) is 0 Å². The Bertz CT molecular complexity index is 1090. The highest BCUT2D eigenvalue weighted by atomic mass is 35.5. The third kappa shape index (κ3) is 2.86. The zero-order chi connectivity index (χ0) is 17.4. The van der Waals surface area contributed by atoms with E-state index < -0.39 is 5.97 Å². The highest BCUT2D eigenvalue weighted by Gasteiger charge is 2.11. The first-order valence-electron chi connectivity index (χ1n) is 7.54. The number of hydrogen-bond acceptors (Lipinski definition) is 3. The number of nitrogens with zero attached hydrogens (tertiary/aromatic N) is 3. The second kappa shape index (κ2) is 6.03. The average Bonchev–Trinajstić information content (AvgIpc) is 3.15. The van der Waals surface area contributed by atoms with Gasteiger partial charge in [-0.2, -0.15) is 0 Å². The summed E-state index contributed by atoms with van der Waals surface area (Å²) >= 11 is 6.12. The van der Waals surface area contributed by atoms with Gasteiger partial charge in [0.05, 0.1) is 28.8 Å². The molecule has 2 aromatic heterocycles. The van der Waals surface area contributed by atoms with Crippen LogP contribution in [0.15, 0.2) is 67.3 Å². The highest BCUT2D eigenvalue weighted by molar-refractivity contribution is 6.31. The molecule has 0 spiro atoms. The van der Waals surface area contributed by atoms with Crippen LogP contribution >= 0.6 is 11.6 Å². The van der Waals surface area contributed by atoms with Crippen molar-refractivity contribution in [2.45, 2.75) is 0 Å². The van der Waals surface area contributed by atoms with E-state index in [0.29, 0.717) is 10.7 Å². The minimum atomic E-state index is -0.972. The van der Waals surface area contributed by atoms with Crippen molar-refractivity contribution >= 4 is 28.5 Å². The summed E-state index contributed by atoms with van der Waals surface area (Å²) in [5.41, 5.74) is 3.24. The van der Waals surface area contributed by atoms with E-state index in [-0.39, 0.29) is 5.56 Å². The SMILES string of the molecule is O=C(O)c1cccc(-c2cc(-n3ccnc3)c3ccc(Cl)cc3n2)c1. The van der Waals surface area contributed by atoms with Crippen LogP contribution in [0.1, 0.15) is 10.4 Å². The van der Waals surface area contributed by atoms with E-state index in [4.69, 9.17) is 11.6 Å². The average molecular weight is 350 g/mol. The van der Waals surface area contributed by atoms with Gasteiger partial charge in [-0.3, -0.25) is 0 Å². The molecule has 1 N–H and O–H groups in total. The Hall–Kier alpha value is -3.18. The second-order valence-electron chi connectivity index (χ2n) is 5.54. The summed E-state index contributed by atoms with van der Waals surface area (Å²) in [5, 5.41) is 10.7. The quantitative estimate of drug-likeness (QED) is 0.593. The molecule has 0 bridgehead atoms. The molecule has 2 heterocycles. The molecule has 0 aliphatic heterocycles. The molecule has 0 saturated carbocycles. The number of imidazole rings is 1. The lowest BCUT2D eigenvalue weighted by molar-refractivity contribution is 0.0697. The molecular formula is C19H12ClN3O2. The molecule has 0 saturated heterocycles. The lowest BCUT2D eigenvalue weighted by Gasteiger charge is -2.11. The van der Waals surface area contributed by atoms with Gasteiger partial charge in [-0.05, 0) is 36.4 Å². The van der Waals surface area contributed by atoms with Gasteiger partial charge in [-0.1, -0.05) is 23.7 Å². The Morgan fingerprint density at radius 2 is 2.00 bits per heavy atom. The molecule has 6 heteroatoms. The van der Waals surface area contributed by atoms with Crippen molar-refractivity contribution in [3.8, 4) is 16.9 Å². The first kappa shape index (κ1) is 15.4. The summed E-state index contributed by atoms with van der Waals surface area (Å²) in [6, 6.07) is 14.1. The third-order valence-corrected chi connectivity index (χ3v) is 4.17. The Morgan fingerprint density at radius 3 is 2.76 bits per heavy atom. The predicted molar refractivity (Wildman–Crippen MR) is 96.3 cm³/mol. The van der Waals surface area contributed by atoms with Crippen LogP contribution in [0.4, 0.5) is 0 Å². The largest absolute Gasteiger partial charge is 0.478 e. The van der Waals surface area contributed by atoms with E-state index >= 15 is 0 Å². The van der Waals surface area contributed by atoms with Crippen LogP contribution in [0.3, 0.4) is 0 Å². The van der Waals surface area contributed by atoms with Crippen molar-refractivity contribution in [2.24, 2.45) is 0 Å². The number of carboxylic acids is 1. The zero-order valence-electron chi connectivity index (χ0n) is 12.9. The molecule has 2 aromatic carbocycles. The first-order valence-corrected chi connectivity index (χ1v) is 7.92. The van der Waals surface area contributed by atoms with Crippen molar-refractivity contribution in [3.63, 3.8) is 0 Å². The standard InChI is InChI=1S/C19H12ClN3O2/c20-14-4-5-15-17(9-14)22-16(10-18(15)23-7-6-21-11-23)12-2-1-3-13(8-12)19(24)25/h1-11H,(H,24,25). The van der Waals surface area contributed by atoms with Crippen LogP contribution in [0.2, 0.25) is 5.02 Å². The smallest absolute Gasteiger partial charge is 0.335 e. The number of halogens is 1. The van der Waals surface area contributed by atoms with Crippen LogP contribution in [0.25, 0.3) is 27.8 Å². The molecule has 5 nitrogen and oxygen atoms in total. The van der Waals surface area contributed by atoms with Gasteiger partial charge in [0.25, 0.3) is 0 Å². The molecule has 0 fully saturated rings. The van der Waals surface area contributed by atoms with Gasteiger partial charge in [0.15, 0.2) is 0 Å². The van der Waals surface area contributed by atoms with E-state index in [1.54, 1.807) is 36.8 Å². The third-order valence-electron chi connectivity index (χ3n) is 3.94. The van der Waals surface area contributed by atoms with Crippen LogP contribution in [0.5, 0.6) is 0 Å². The molecule has 0 atom stereocenters. The summed E-state index contributed by atoms with van der Waals surface area (Å²) < 4.78 is 1.89. The number of rotatable bonds is 3. The predicted octanol–water partition coefficient (Wildman–Crippen LogP) is 4.44. The van der Waals surface area contributed by atoms with E-state index in [9.17, 15) is 9.90 Å². The normalized spacial score (nSPS) is 10.9. The fraction of sp³-hybridized carbons (Fsp3) is 0. The summed E-state index contributed by atoms with van der Waals surface area (Å²) in [6.07, 6.45) is 5.26. The van der Waals surface area contributed by atoms with Crippen LogP contribution < -0.4 is 0 Å². The topological polar surface area (TPSA) is 68.0 Å². The molecule has 25 heavy (non-hydrogen) atoms. The Labute approximate surface area is 148 Å². The molecule has 0 radical (unpaired) electrons. The molecule has 0 aliphatic rings. The van der Waals surface area contributed by atoms with Crippen LogP contribution in [-0.4, -0.2) is 25.6 Å². The Morgan fingerprint density at radius 1 is 1.12 bits per heavy atom. The molecule has 0 aliphatic carbocycles. The van der Waals surface area contributed by atoms with Gasteiger partial charge in [0.2, 0.25) is 0 Å². The second-order valence-corrected chi connectivity index (χ2v) is 5.98. The molecule has 4 rings (SSSR count). The van der Waals surface area contributed by atoms with Crippen LogP contribution in [0, 0.1) is 0 Å². The maximum atomic E-state index is 11.2. The zero-order valence-corrected chi connectivity index (χ0v) is 13.7. The van der Waals surface area contributed by atoms with Crippen molar-refractivity contribution in [3.05, 3.63) is 77.8 Å². The van der Waals surface area contributed by atoms with Gasteiger partial charge in [-0.15, -0.1) is 0 Å². The molecule has 0 amide bonds. The van der Waals surface area contributed by atoms with Crippen molar-refractivity contribution < 1.29 is 9.90 Å². The molecule has 4 aromatic rings. The van der Waals surface area contributed by atoms with Gasteiger partial charge in [0, 0.05) is 28.4 Å². The molecule has 122 valence electrons. The number of fused-ring (bicyclic) bond motifs is 1. The minimum Gasteiger partial charge on any atom is -0.478 e. The number of hydrogen-bond donors (Lipinski definition) is 1. The summed E-state index contributed by atoms with van der Waals surface area (Å²) in [5.74, 6) is -0.972. The van der Waals surface area contributed by atoms with E-state index in [0.717, 1.165) is 22.2 Å². The summed E-state index contributed by atoms with van der Waals surface area (Å²) in [4.78, 5) is 20.0. The van der Waals surface area contributed by atoms with Crippen molar-refractivity contribution in [1.82, 2.24) is 14.5 Å². The molecular weight excluding hydrogens is 338 g/mol. The fourth-order valence-electron chi connectivity index (χ4n) is 2.76. The van der Waals surface area contributed by atoms with Gasteiger partial charge >= 0.3 is 5.97 Å². The summed E-state index contributed by atoms with van der Waals surface area (Å²) in [6.45, 7) is 0. The number of carboxylic acid groups (broad SMARTS) is 1. The van der Waals surface area contributed by atoms with E-state index in [1.807, 2.05) is 35.0 Å².